The fourth-order valence-electron chi connectivity index (χ4n) is 1.16. The zero-order valence-corrected chi connectivity index (χ0v) is 7.55. The first-order valence-electron chi connectivity index (χ1n) is 4.12. The van der Waals surface area contributed by atoms with Gasteiger partial charge in [0.2, 0.25) is 5.78 Å². The van der Waals surface area contributed by atoms with Crippen molar-refractivity contribution in [3.8, 4) is 24.2 Å². The van der Waals surface area contributed by atoms with E-state index in [2.05, 4.69) is 17.8 Å². The molecule has 0 aromatic rings. The fraction of sp³-hybridized carbons (Fsp3) is 0.250. The normalized spacial score (nSPS) is 17.2. The molecule has 0 aliphatic heterocycles. The van der Waals surface area contributed by atoms with Gasteiger partial charge in [-0.3, -0.25) is 4.79 Å². The molecular weight excluding hydrogens is 160 g/mol. The molecule has 64 valence electrons. The van der Waals surface area contributed by atoms with E-state index in [1.54, 1.807) is 6.08 Å². The van der Waals surface area contributed by atoms with Crippen LogP contribution >= 0.6 is 0 Å². The first-order valence-corrected chi connectivity index (χ1v) is 4.12. The molecular formula is C12H10O. The second-order valence-corrected chi connectivity index (χ2v) is 2.80. The van der Waals surface area contributed by atoms with Crippen molar-refractivity contribution in [2.24, 2.45) is 0 Å². The molecule has 0 aromatic carbocycles. The van der Waals surface area contributed by atoms with Gasteiger partial charge in [0, 0.05) is 12.5 Å². The Morgan fingerprint density at radius 1 is 1.69 bits per heavy atom. The van der Waals surface area contributed by atoms with Gasteiger partial charge in [0.1, 0.15) is 0 Å². The van der Waals surface area contributed by atoms with Crippen molar-refractivity contribution in [3.63, 3.8) is 0 Å². The number of hydrogen-bond donors (Lipinski definition) is 0. The van der Waals surface area contributed by atoms with Crippen molar-refractivity contribution in [1.29, 1.82) is 0 Å². The molecule has 0 radical (unpaired) electrons. The minimum atomic E-state index is -0.124. The van der Waals surface area contributed by atoms with Crippen LogP contribution in [-0.4, -0.2) is 5.78 Å². The Hall–Kier alpha value is -1.73. The van der Waals surface area contributed by atoms with Gasteiger partial charge in [-0.05, 0) is 30.4 Å². The molecule has 0 aromatic heterocycles. The summed E-state index contributed by atoms with van der Waals surface area (Å²) in [6, 6.07) is 0. The van der Waals surface area contributed by atoms with Crippen LogP contribution in [0, 0.1) is 24.2 Å². The van der Waals surface area contributed by atoms with Crippen LogP contribution < -0.4 is 0 Å². The topological polar surface area (TPSA) is 17.1 Å². The maximum atomic E-state index is 10.5. The molecule has 1 rings (SSSR count). The van der Waals surface area contributed by atoms with Crippen molar-refractivity contribution >= 4 is 5.78 Å². The highest BCUT2D eigenvalue weighted by atomic mass is 16.1. The third-order valence-electron chi connectivity index (χ3n) is 1.76. The number of carbonyl (C=O) groups is 1. The fourth-order valence-corrected chi connectivity index (χ4v) is 1.16. The van der Waals surface area contributed by atoms with Crippen LogP contribution in [-0.2, 0) is 4.79 Å². The number of terminal acetylenes is 1. The van der Waals surface area contributed by atoms with E-state index in [0.29, 0.717) is 0 Å². The predicted molar refractivity (Wildman–Crippen MR) is 52.7 cm³/mol. The lowest BCUT2D eigenvalue weighted by Crippen LogP contribution is -1.81. The summed E-state index contributed by atoms with van der Waals surface area (Å²) in [7, 11) is 0. The summed E-state index contributed by atoms with van der Waals surface area (Å²) in [5.41, 5.74) is 1.98. The largest absolute Gasteiger partial charge is 0.285 e. The van der Waals surface area contributed by atoms with Gasteiger partial charge >= 0.3 is 0 Å². The van der Waals surface area contributed by atoms with Crippen LogP contribution in [0.25, 0.3) is 0 Å². The average molecular weight is 170 g/mol. The Kier molecular flexibility index (Phi) is 3.12. The first-order chi connectivity index (χ1) is 6.24. The molecule has 0 saturated heterocycles. The molecule has 1 nitrogen and oxygen atoms in total. The molecule has 0 amide bonds. The number of allylic oxidation sites excluding steroid dienone is 4. The summed E-state index contributed by atoms with van der Waals surface area (Å²) in [5.74, 6) is 7.62. The lowest BCUT2D eigenvalue weighted by atomic mass is 10.1. The second-order valence-electron chi connectivity index (χ2n) is 2.80. The molecule has 13 heavy (non-hydrogen) atoms. The van der Waals surface area contributed by atoms with E-state index in [9.17, 15) is 4.79 Å². The Labute approximate surface area is 78.5 Å². The van der Waals surface area contributed by atoms with Gasteiger partial charge in [0.25, 0.3) is 0 Å². The van der Waals surface area contributed by atoms with Crippen molar-refractivity contribution in [1.82, 2.24) is 0 Å². The van der Waals surface area contributed by atoms with Gasteiger partial charge in [-0.15, -0.1) is 6.42 Å². The van der Waals surface area contributed by atoms with Crippen LogP contribution in [0.3, 0.4) is 0 Å². The molecule has 0 atom stereocenters. The van der Waals surface area contributed by atoms with Gasteiger partial charge in [0.05, 0.1) is 0 Å². The van der Waals surface area contributed by atoms with Gasteiger partial charge in [-0.2, -0.15) is 0 Å². The highest BCUT2D eigenvalue weighted by Gasteiger charge is 2.07. The van der Waals surface area contributed by atoms with E-state index in [1.165, 1.54) is 6.92 Å². The number of Topliss-reactive ketones (excluding diaryl/α,β-unsaturated/α-hetero) is 1. The second kappa shape index (κ2) is 4.33. The molecule has 1 aliphatic rings. The first kappa shape index (κ1) is 9.36. The van der Waals surface area contributed by atoms with E-state index in [1.807, 2.05) is 6.08 Å². The quantitative estimate of drug-likeness (QED) is 0.400. The highest BCUT2D eigenvalue weighted by molar-refractivity contribution is 5.93. The Balaban J connectivity index is 2.76. The van der Waals surface area contributed by atoms with Gasteiger partial charge in [0.15, 0.2) is 0 Å². The van der Waals surface area contributed by atoms with Crippen LogP contribution in [0.5, 0.6) is 0 Å². The average Bonchev–Trinajstić information content (AvgIpc) is 2.51. The third kappa shape index (κ3) is 2.65. The SMILES string of the molecule is C#CC1=CCC/C1=C/C#CC(C)=O. The van der Waals surface area contributed by atoms with Crippen LogP contribution in [0.4, 0.5) is 0 Å². The summed E-state index contributed by atoms with van der Waals surface area (Å²) in [5, 5.41) is 0. The van der Waals surface area contributed by atoms with Gasteiger partial charge < -0.3 is 0 Å². The standard InChI is InChI=1S/C12H10O/c1-3-11-7-5-9-12(11)8-4-6-10(2)13/h1,7-8H,5,9H2,2H3/b12-8-. The van der Waals surface area contributed by atoms with E-state index in [-0.39, 0.29) is 5.78 Å². The number of hydrogen-bond acceptors (Lipinski definition) is 1. The van der Waals surface area contributed by atoms with E-state index < -0.39 is 0 Å². The maximum absolute atomic E-state index is 10.5. The predicted octanol–water partition coefficient (Wildman–Crippen LogP) is 1.86. The van der Waals surface area contributed by atoms with Gasteiger partial charge in [-0.25, -0.2) is 0 Å². The Bertz CT molecular complexity index is 378. The van der Waals surface area contributed by atoms with Crippen molar-refractivity contribution in [2.75, 3.05) is 0 Å². The summed E-state index contributed by atoms with van der Waals surface area (Å²) in [4.78, 5) is 10.5. The molecule has 0 saturated carbocycles. The summed E-state index contributed by atoms with van der Waals surface area (Å²) < 4.78 is 0. The van der Waals surface area contributed by atoms with E-state index in [0.717, 1.165) is 24.0 Å². The van der Waals surface area contributed by atoms with Crippen molar-refractivity contribution in [3.05, 3.63) is 23.3 Å². The number of rotatable bonds is 0. The molecule has 0 heterocycles. The summed E-state index contributed by atoms with van der Waals surface area (Å²) in [6.07, 6.45) is 10.9. The summed E-state index contributed by atoms with van der Waals surface area (Å²) in [6.45, 7) is 1.44. The lowest BCUT2D eigenvalue weighted by molar-refractivity contribution is -0.111. The molecule has 0 spiro atoms. The zero-order chi connectivity index (χ0) is 9.68. The molecule has 0 fully saturated rings. The zero-order valence-electron chi connectivity index (χ0n) is 7.55. The molecule has 0 N–H and O–H groups in total. The monoisotopic (exact) mass is 170 g/mol. The smallest absolute Gasteiger partial charge is 0.202 e. The minimum Gasteiger partial charge on any atom is -0.285 e. The van der Waals surface area contributed by atoms with E-state index in [4.69, 9.17) is 6.42 Å². The summed E-state index contributed by atoms with van der Waals surface area (Å²) >= 11 is 0. The van der Waals surface area contributed by atoms with Gasteiger partial charge in [-0.1, -0.05) is 17.9 Å². The molecule has 0 bridgehead atoms. The van der Waals surface area contributed by atoms with Crippen molar-refractivity contribution < 1.29 is 4.79 Å². The molecule has 1 aliphatic carbocycles. The lowest BCUT2D eigenvalue weighted by Gasteiger charge is -1.92. The number of ketones is 1. The van der Waals surface area contributed by atoms with Crippen LogP contribution in [0.15, 0.2) is 23.3 Å². The highest BCUT2D eigenvalue weighted by Crippen LogP contribution is 2.23. The molecule has 0 unspecified atom stereocenters. The maximum Gasteiger partial charge on any atom is 0.202 e. The Morgan fingerprint density at radius 2 is 2.46 bits per heavy atom. The third-order valence-corrected chi connectivity index (χ3v) is 1.76. The Morgan fingerprint density at radius 3 is 3.08 bits per heavy atom. The van der Waals surface area contributed by atoms with E-state index >= 15 is 0 Å². The minimum absolute atomic E-state index is 0.124. The molecule has 1 heteroatoms. The van der Waals surface area contributed by atoms with Crippen LogP contribution in [0.1, 0.15) is 19.8 Å². The van der Waals surface area contributed by atoms with Crippen LogP contribution in [0.2, 0.25) is 0 Å². The number of carbonyl (C=O) groups excluding carboxylic acids is 1. The van der Waals surface area contributed by atoms with Crippen molar-refractivity contribution in [2.45, 2.75) is 19.8 Å².